The molecule has 2 rings (SSSR count). The molecule has 1 aliphatic rings. The Morgan fingerprint density at radius 2 is 1.60 bits per heavy atom. The summed E-state index contributed by atoms with van der Waals surface area (Å²) in [5.41, 5.74) is -1.23. The molecular formula is C26H43N3O6. The number of imide groups is 1. The smallest absolute Gasteiger partial charge is 0.419 e. The number of amides is 2. The lowest BCUT2D eigenvalue weighted by molar-refractivity contribution is -0.139. The zero-order valence-corrected chi connectivity index (χ0v) is 22.8. The highest BCUT2D eigenvalue weighted by atomic mass is 16.6. The Balaban J connectivity index is 2.15. The number of hydrogen-bond acceptors (Lipinski definition) is 6. The Morgan fingerprint density at radius 1 is 1.06 bits per heavy atom. The van der Waals surface area contributed by atoms with Crippen LogP contribution in [0.1, 0.15) is 93.7 Å². The van der Waals surface area contributed by atoms with Crippen molar-refractivity contribution in [1.82, 2.24) is 14.5 Å². The molecule has 1 N–H and O–H groups in total. The standard InChI is InChI=1S/C26H43N3O6/c1-23(2,3)12-14-28-16-19(27-17-28)26(15-18(26)20(30)31)11-10-13-29(21(32)34-24(4,5)6)22(33)35-25(7,8)9/h16-18H,10-15H2,1-9H3,(H,30,31)/t18-,26-/m0/s1. The Labute approximate surface area is 209 Å². The molecule has 0 unspecified atom stereocenters. The Morgan fingerprint density at radius 3 is 2.03 bits per heavy atom. The molecule has 0 bridgehead atoms. The number of aliphatic carboxylic acids is 1. The van der Waals surface area contributed by atoms with Gasteiger partial charge in [-0.15, -0.1) is 0 Å². The van der Waals surface area contributed by atoms with Crippen molar-refractivity contribution in [3.63, 3.8) is 0 Å². The van der Waals surface area contributed by atoms with Crippen LogP contribution in [0, 0.1) is 11.3 Å². The van der Waals surface area contributed by atoms with Crippen molar-refractivity contribution in [3.05, 3.63) is 18.2 Å². The van der Waals surface area contributed by atoms with E-state index < -0.39 is 40.7 Å². The van der Waals surface area contributed by atoms with Crippen molar-refractivity contribution < 1.29 is 29.0 Å². The van der Waals surface area contributed by atoms with Crippen LogP contribution in [0.4, 0.5) is 9.59 Å². The summed E-state index contributed by atoms with van der Waals surface area (Å²) >= 11 is 0. The van der Waals surface area contributed by atoms with E-state index in [0.717, 1.165) is 23.6 Å². The quantitative estimate of drug-likeness (QED) is 0.501. The van der Waals surface area contributed by atoms with Gasteiger partial charge < -0.3 is 19.1 Å². The van der Waals surface area contributed by atoms with Gasteiger partial charge in [0.25, 0.3) is 0 Å². The molecule has 0 saturated heterocycles. The minimum Gasteiger partial charge on any atom is -0.481 e. The Kier molecular flexibility index (Phi) is 8.34. The lowest BCUT2D eigenvalue weighted by atomic mass is 9.92. The monoisotopic (exact) mass is 493 g/mol. The fourth-order valence-corrected chi connectivity index (χ4v) is 3.96. The first-order chi connectivity index (χ1) is 15.8. The molecule has 198 valence electrons. The highest BCUT2D eigenvalue weighted by Crippen LogP contribution is 2.57. The number of carbonyl (C=O) groups excluding carboxylic acids is 2. The normalized spacial score (nSPS) is 20.3. The van der Waals surface area contributed by atoms with E-state index in [-0.39, 0.29) is 12.0 Å². The second-order valence-electron chi connectivity index (χ2n) is 12.8. The van der Waals surface area contributed by atoms with Crippen LogP contribution in [0.15, 0.2) is 12.5 Å². The van der Waals surface area contributed by atoms with Gasteiger partial charge in [-0.3, -0.25) is 4.79 Å². The first-order valence-corrected chi connectivity index (χ1v) is 12.3. The minimum absolute atomic E-state index is 0.0582. The molecule has 1 aliphatic carbocycles. The molecule has 9 nitrogen and oxygen atoms in total. The van der Waals surface area contributed by atoms with E-state index in [9.17, 15) is 19.5 Å². The molecule has 0 aromatic carbocycles. The van der Waals surface area contributed by atoms with Crippen molar-refractivity contribution >= 4 is 18.2 Å². The molecule has 1 fully saturated rings. The average molecular weight is 494 g/mol. The third-order valence-corrected chi connectivity index (χ3v) is 5.87. The van der Waals surface area contributed by atoms with Crippen molar-refractivity contribution in [2.75, 3.05) is 6.54 Å². The number of rotatable bonds is 8. The van der Waals surface area contributed by atoms with Gasteiger partial charge in [0.1, 0.15) is 11.2 Å². The second-order valence-corrected chi connectivity index (χ2v) is 12.8. The van der Waals surface area contributed by atoms with Crippen LogP contribution in [0.25, 0.3) is 0 Å². The summed E-state index contributed by atoms with van der Waals surface area (Å²) in [7, 11) is 0. The molecule has 0 spiro atoms. The summed E-state index contributed by atoms with van der Waals surface area (Å²) in [6.07, 6.45) is 4.47. The largest absolute Gasteiger partial charge is 0.481 e. The molecule has 35 heavy (non-hydrogen) atoms. The fraction of sp³-hybridized carbons (Fsp3) is 0.769. The number of aromatic nitrogens is 2. The third-order valence-electron chi connectivity index (χ3n) is 5.87. The number of hydrogen-bond donors (Lipinski definition) is 1. The van der Waals surface area contributed by atoms with Crippen molar-refractivity contribution in [1.29, 1.82) is 0 Å². The highest BCUT2D eigenvalue weighted by Gasteiger charge is 2.60. The third kappa shape index (κ3) is 8.54. The van der Waals surface area contributed by atoms with E-state index in [0.29, 0.717) is 19.3 Å². The van der Waals surface area contributed by atoms with Crippen LogP contribution in [0.3, 0.4) is 0 Å². The summed E-state index contributed by atoms with van der Waals surface area (Å²) in [5.74, 6) is -1.39. The number of aryl methyl sites for hydroxylation is 1. The number of nitrogens with zero attached hydrogens (tertiary/aromatic N) is 3. The number of carboxylic acid groups (broad SMARTS) is 1. The van der Waals surface area contributed by atoms with E-state index in [2.05, 4.69) is 25.8 Å². The van der Waals surface area contributed by atoms with Gasteiger partial charge in [-0.25, -0.2) is 19.5 Å². The molecule has 0 radical (unpaired) electrons. The lowest BCUT2D eigenvalue weighted by Gasteiger charge is -2.29. The number of carbonyl (C=O) groups is 3. The van der Waals surface area contributed by atoms with E-state index >= 15 is 0 Å². The summed E-state index contributed by atoms with van der Waals surface area (Å²) < 4.78 is 12.8. The zero-order valence-electron chi connectivity index (χ0n) is 22.8. The predicted octanol–water partition coefficient (Wildman–Crippen LogP) is 5.61. The summed E-state index contributed by atoms with van der Waals surface area (Å²) in [6, 6.07) is 0. The molecule has 1 aromatic rings. The van der Waals surface area contributed by atoms with Crippen LogP contribution >= 0.6 is 0 Å². The maximum Gasteiger partial charge on any atom is 0.419 e. The SMILES string of the molecule is CC(C)(C)CCn1cnc([C@@]2(CCCN(C(=O)OC(C)(C)C)C(=O)OC(C)(C)C)C[C@H]2C(=O)O)c1. The minimum atomic E-state index is -0.856. The fourth-order valence-electron chi connectivity index (χ4n) is 3.96. The van der Waals surface area contributed by atoms with Gasteiger partial charge in [-0.2, -0.15) is 0 Å². The molecule has 0 aliphatic heterocycles. The topological polar surface area (TPSA) is 111 Å². The molecular weight excluding hydrogens is 450 g/mol. The number of ether oxygens (including phenoxy) is 2. The van der Waals surface area contributed by atoms with Crippen molar-refractivity contribution in [2.24, 2.45) is 11.3 Å². The molecule has 1 saturated carbocycles. The van der Waals surface area contributed by atoms with E-state index in [4.69, 9.17) is 9.47 Å². The first-order valence-electron chi connectivity index (χ1n) is 12.3. The first kappa shape index (κ1) is 28.7. The Bertz CT molecular complexity index is 891. The van der Waals surface area contributed by atoms with Crippen molar-refractivity contribution in [3.8, 4) is 0 Å². The molecule has 1 aromatic heterocycles. The lowest BCUT2D eigenvalue weighted by Crippen LogP contribution is -2.44. The van der Waals surface area contributed by atoms with Gasteiger partial charge in [0.05, 0.1) is 17.9 Å². The van der Waals surface area contributed by atoms with E-state index in [1.165, 1.54) is 0 Å². The number of carboxylic acids is 1. The van der Waals surface area contributed by atoms with Crippen LogP contribution in [-0.4, -0.2) is 55.5 Å². The van der Waals surface area contributed by atoms with Crippen LogP contribution in [0.5, 0.6) is 0 Å². The van der Waals surface area contributed by atoms with Gasteiger partial charge >= 0.3 is 18.2 Å². The van der Waals surface area contributed by atoms with Gasteiger partial charge in [0, 0.05) is 24.7 Å². The summed E-state index contributed by atoms with van der Waals surface area (Å²) in [5, 5.41) is 9.71. The molecule has 1 heterocycles. The van der Waals surface area contributed by atoms with Gasteiger partial charge in [-0.05, 0) is 72.6 Å². The van der Waals surface area contributed by atoms with E-state index in [1.54, 1.807) is 47.9 Å². The predicted molar refractivity (Wildman–Crippen MR) is 132 cm³/mol. The summed E-state index contributed by atoms with van der Waals surface area (Å²) in [4.78, 5) is 42.9. The molecule has 2 atom stereocenters. The molecule has 2 amide bonds. The van der Waals surface area contributed by atoms with Crippen molar-refractivity contribution in [2.45, 2.75) is 111 Å². The van der Waals surface area contributed by atoms with Crippen LogP contribution in [0.2, 0.25) is 0 Å². The highest BCUT2D eigenvalue weighted by molar-refractivity contribution is 5.88. The maximum atomic E-state index is 12.7. The van der Waals surface area contributed by atoms with Crippen LogP contribution < -0.4 is 0 Å². The second kappa shape index (κ2) is 10.2. The summed E-state index contributed by atoms with van der Waals surface area (Å²) in [6.45, 7) is 17.7. The number of imidazole rings is 1. The Hall–Kier alpha value is -2.58. The maximum absolute atomic E-state index is 12.7. The molecule has 9 heteroatoms. The average Bonchev–Trinajstić information content (AvgIpc) is 3.19. The van der Waals surface area contributed by atoms with Gasteiger partial charge in [-0.1, -0.05) is 20.8 Å². The van der Waals surface area contributed by atoms with Gasteiger partial charge in [0.2, 0.25) is 0 Å². The van der Waals surface area contributed by atoms with Crippen LogP contribution in [-0.2, 0) is 26.2 Å². The zero-order chi connectivity index (χ0) is 26.8. The van der Waals surface area contributed by atoms with Gasteiger partial charge in [0.15, 0.2) is 0 Å². The van der Waals surface area contributed by atoms with E-state index in [1.807, 2.05) is 10.8 Å².